The number of amides is 2. The number of nitrogens with two attached hydrogens (primary N) is 1. The summed E-state index contributed by atoms with van der Waals surface area (Å²) in [5.74, 6) is -1.42. The third-order valence-corrected chi connectivity index (χ3v) is 5.20. The molecule has 3 atom stereocenters. The molecule has 3 N–H and O–H groups in total. The van der Waals surface area contributed by atoms with E-state index in [9.17, 15) is 22.8 Å². The van der Waals surface area contributed by atoms with Gasteiger partial charge in [0.2, 0.25) is 11.8 Å². The Balaban J connectivity index is 0.00000300. The molecule has 3 rings (SSSR count). The van der Waals surface area contributed by atoms with E-state index in [1.807, 2.05) is 0 Å². The second-order valence-electron chi connectivity index (χ2n) is 7.24. The van der Waals surface area contributed by atoms with Gasteiger partial charge in [0.1, 0.15) is 5.75 Å². The van der Waals surface area contributed by atoms with Gasteiger partial charge in [-0.05, 0) is 36.8 Å². The average molecular weight is 436 g/mol. The largest absolute Gasteiger partial charge is 0.573 e. The van der Waals surface area contributed by atoms with Crippen LogP contribution in [0.2, 0.25) is 0 Å². The number of piperidine rings is 1. The van der Waals surface area contributed by atoms with Crippen LogP contribution in [-0.2, 0) is 9.59 Å². The number of halogens is 4. The standard InChI is InChI=1S/C19H24F3N3O3.ClH/c20-19(21,22)28-16-6-2-1-5-13(16)14-10-15(14)18(27)25-9-3-4-12(11-25)17(26)24-8-7-23;/h1-2,5-6,12,14-15H,3-4,7-11,23H2,(H,24,26);1H. The van der Waals surface area contributed by atoms with Gasteiger partial charge in [-0.25, -0.2) is 0 Å². The van der Waals surface area contributed by atoms with Gasteiger partial charge in [0.15, 0.2) is 0 Å². The molecule has 0 bridgehead atoms. The number of hydrogen-bond acceptors (Lipinski definition) is 4. The van der Waals surface area contributed by atoms with Crippen molar-refractivity contribution in [1.82, 2.24) is 10.2 Å². The first-order valence-electron chi connectivity index (χ1n) is 9.41. The average Bonchev–Trinajstić information content (AvgIpc) is 3.45. The molecule has 0 aromatic heterocycles. The maximum absolute atomic E-state index is 12.8. The molecule has 0 radical (unpaired) electrons. The number of likely N-dealkylation sites (tertiary alicyclic amines) is 1. The van der Waals surface area contributed by atoms with Gasteiger partial charge in [-0.2, -0.15) is 0 Å². The molecule has 1 aliphatic heterocycles. The Kier molecular flexibility index (Phi) is 7.76. The maximum atomic E-state index is 12.8. The highest BCUT2D eigenvalue weighted by Crippen LogP contribution is 2.52. The zero-order valence-corrected chi connectivity index (χ0v) is 16.6. The van der Waals surface area contributed by atoms with Crippen LogP contribution < -0.4 is 15.8 Å². The number of alkyl halides is 3. The first-order valence-corrected chi connectivity index (χ1v) is 9.41. The molecule has 1 aromatic rings. The molecule has 6 nitrogen and oxygen atoms in total. The minimum absolute atomic E-state index is 0. The zero-order valence-electron chi connectivity index (χ0n) is 15.8. The molecule has 3 unspecified atom stereocenters. The van der Waals surface area contributed by atoms with Gasteiger partial charge in [-0.15, -0.1) is 25.6 Å². The SMILES string of the molecule is Cl.NCCNC(=O)C1CCCN(C(=O)C2CC2c2ccccc2OC(F)(F)F)C1. The highest BCUT2D eigenvalue weighted by atomic mass is 35.5. The molecule has 1 aromatic carbocycles. The van der Waals surface area contributed by atoms with Gasteiger partial charge in [0, 0.05) is 32.1 Å². The normalized spacial score (nSPS) is 23.7. The smallest absolute Gasteiger partial charge is 0.405 e. The Hall–Kier alpha value is -2.00. The fourth-order valence-electron chi connectivity index (χ4n) is 3.78. The molecule has 2 amide bonds. The van der Waals surface area contributed by atoms with Crippen molar-refractivity contribution in [2.45, 2.75) is 31.5 Å². The number of carbonyl (C=O) groups is 2. The van der Waals surface area contributed by atoms with Gasteiger partial charge in [-0.3, -0.25) is 9.59 Å². The van der Waals surface area contributed by atoms with Crippen molar-refractivity contribution in [2.75, 3.05) is 26.2 Å². The number of para-hydroxylation sites is 1. The molecule has 162 valence electrons. The quantitative estimate of drug-likeness (QED) is 0.718. The summed E-state index contributed by atoms with van der Waals surface area (Å²) in [6, 6.07) is 5.94. The van der Waals surface area contributed by atoms with E-state index < -0.39 is 6.36 Å². The van der Waals surface area contributed by atoms with Crippen molar-refractivity contribution in [3.05, 3.63) is 29.8 Å². The molecule has 1 aliphatic carbocycles. The zero-order chi connectivity index (χ0) is 20.3. The van der Waals surface area contributed by atoms with Gasteiger partial charge < -0.3 is 20.7 Å². The van der Waals surface area contributed by atoms with Gasteiger partial charge in [0.05, 0.1) is 5.92 Å². The number of nitrogens with one attached hydrogen (secondary N) is 1. The molecule has 1 saturated carbocycles. The van der Waals surface area contributed by atoms with E-state index in [0.717, 1.165) is 6.42 Å². The molecule has 29 heavy (non-hydrogen) atoms. The molecule has 2 aliphatic rings. The first kappa shape index (κ1) is 23.3. The van der Waals surface area contributed by atoms with Crippen molar-refractivity contribution in [2.24, 2.45) is 17.6 Å². The maximum Gasteiger partial charge on any atom is 0.573 e. The van der Waals surface area contributed by atoms with E-state index in [-0.39, 0.29) is 47.7 Å². The summed E-state index contributed by atoms with van der Waals surface area (Å²) >= 11 is 0. The molecular formula is C19H25ClF3N3O3. The van der Waals surface area contributed by atoms with Crippen LogP contribution in [0.3, 0.4) is 0 Å². The van der Waals surface area contributed by atoms with Crippen LogP contribution in [-0.4, -0.2) is 49.3 Å². The van der Waals surface area contributed by atoms with Crippen LogP contribution in [0.5, 0.6) is 5.75 Å². The second-order valence-corrected chi connectivity index (χ2v) is 7.24. The third-order valence-electron chi connectivity index (χ3n) is 5.20. The van der Waals surface area contributed by atoms with Crippen molar-refractivity contribution >= 4 is 24.2 Å². The summed E-state index contributed by atoms with van der Waals surface area (Å²) in [6.45, 7) is 1.64. The lowest BCUT2D eigenvalue weighted by atomic mass is 9.96. The van der Waals surface area contributed by atoms with Crippen LogP contribution in [0.1, 0.15) is 30.7 Å². The summed E-state index contributed by atoms with van der Waals surface area (Å²) < 4.78 is 42.0. The van der Waals surface area contributed by atoms with E-state index >= 15 is 0 Å². The minimum atomic E-state index is -4.78. The van der Waals surface area contributed by atoms with Crippen LogP contribution in [0.15, 0.2) is 24.3 Å². The van der Waals surface area contributed by atoms with Gasteiger partial charge in [-0.1, -0.05) is 18.2 Å². The van der Waals surface area contributed by atoms with Crippen molar-refractivity contribution in [3.63, 3.8) is 0 Å². The van der Waals surface area contributed by atoms with Crippen molar-refractivity contribution in [3.8, 4) is 5.75 Å². The molecule has 1 heterocycles. The lowest BCUT2D eigenvalue weighted by molar-refractivity contribution is -0.274. The van der Waals surface area contributed by atoms with Crippen LogP contribution >= 0.6 is 12.4 Å². The first-order chi connectivity index (χ1) is 13.3. The van der Waals surface area contributed by atoms with E-state index in [4.69, 9.17) is 5.73 Å². The Morgan fingerprint density at radius 3 is 2.69 bits per heavy atom. The topological polar surface area (TPSA) is 84.7 Å². The Labute approximate surface area is 173 Å². The van der Waals surface area contributed by atoms with E-state index in [1.54, 1.807) is 17.0 Å². The van der Waals surface area contributed by atoms with E-state index in [2.05, 4.69) is 10.1 Å². The van der Waals surface area contributed by atoms with Gasteiger partial charge in [0.25, 0.3) is 0 Å². The Bertz CT molecular complexity index is 732. The summed E-state index contributed by atoms with van der Waals surface area (Å²) in [5, 5.41) is 2.75. The summed E-state index contributed by atoms with van der Waals surface area (Å²) in [5.41, 5.74) is 5.79. The lowest BCUT2D eigenvalue weighted by Crippen LogP contribution is -2.46. The molecule has 1 saturated heterocycles. The van der Waals surface area contributed by atoms with Crippen LogP contribution in [0.25, 0.3) is 0 Å². The fourth-order valence-corrected chi connectivity index (χ4v) is 3.78. The lowest BCUT2D eigenvalue weighted by Gasteiger charge is -2.32. The Morgan fingerprint density at radius 2 is 2.00 bits per heavy atom. The number of benzene rings is 1. The molecule has 2 fully saturated rings. The number of ether oxygens (including phenoxy) is 1. The predicted molar refractivity (Wildman–Crippen MR) is 103 cm³/mol. The third kappa shape index (κ3) is 5.99. The highest BCUT2D eigenvalue weighted by Gasteiger charge is 2.48. The molecule has 0 spiro atoms. The minimum Gasteiger partial charge on any atom is -0.405 e. The fraction of sp³-hybridized carbons (Fsp3) is 0.579. The summed E-state index contributed by atoms with van der Waals surface area (Å²) in [6.07, 6.45) is -2.87. The van der Waals surface area contributed by atoms with Crippen LogP contribution in [0.4, 0.5) is 13.2 Å². The van der Waals surface area contributed by atoms with Crippen LogP contribution in [0, 0.1) is 11.8 Å². The highest BCUT2D eigenvalue weighted by molar-refractivity contribution is 5.85. The molecular weight excluding hydrogens is 411 g/mol. The predicted octanol–water partition coefficient (Wildman–Crippen LogP) is 2.42. The number of rotatable bonds is 6. The Morgan fingerprint density at radius 1 is 1.28 bits per heavy atom. The number of nitrogens with zero attached hydrogens (tertiary/aromatic N) is 1. The summed E-state index contributed by atoms with van der Waals surface area (Å²) in [4.78, 5) is 26.6. The number of hydrogen-bond donors (Lipinski definition) is 2. The van der Waals surface area contributed by atoms with Crippen molar-refractivity contribution < 1.29 is 27.5 Å². The summed E-state index contributed by atoms with van der Waals surface area (Å²) in [7, 11) is 0. The van der Waals surface area contributed by atoms with E-state index in [0.29, 0.717) is 44.6 Å². The second kappa shape index (κ2) is 9.67. The van der Waals surface area contributed by atoms with Gasteiger partial charge >= 0.3 is 6.36 Å². The monoisotopic (exact) mass is 435 g/mol. The molecule has 10 heteroatoms. The number of carbonyl (C=O) groups excluding carboxylic acids is 2. The van der Waals surface area contributed by atoms with Crippen molar-refractivity contribution in [1.29, 1.82) is 0 Å². The van der Waals surface area contributed by atoms with E-state index in [1.165, 1.54) is 12.1 Å².